The quantitative estimate of drug-likeness (QED) is 0.566. The Bertz CT molecular complexity index is 826. The Labute approximate surface area is 120 Å². The van der Waals surface area contributed by atoms with E-state index >= 15 is 0 Å². The molecule has 0 fully saturated rings. The van der Waals surface area contributed by atoms with Gasteiger partial charge >= 0.3 is 0 Å². The second-order valence-electron chi connectivity index (χ2n) is 4.58. The van der Waals surface area contributed by atoms with E-state index in [4.69, 9.17) is 4.42 Å². The Kier molecular flexibility index (Phi) is 3.20. The van der Waals surface area contributed by atoms with Crippen LogP contribution in [0.3, 0.4) is 0 Å². The van der Waals surface area contributed by atoms with Gasteiger partial charge in [0, 0.05) is 0 Å². The Balaban J connectivity index is 1.90. The zero-order valence-electron chi connectivity index (χ0n) is 11.0. The highest BCUT2D eigenvalue weighted by atomic mass is 16.3. The molecule has 2 aromatic carbocycles. The van der Waals surface area contributed by atoms with Gasteiger partial charge in [0.05, 0.1) is 17.2 Å². The minimum absolute atomic E-state index is 0.0818. The average Bonchev–Trinajstić information content (AvgIpc) is 2.96. The van der Waals surface area contributed by atoms with Crippen LogP contribution in [-0.4, -0.2) is 16.0 Å². The lowest BCUT2D eigenvalue weighted by molar-refractivity contribution is 0.104. The standard InChI is InChI=1S/C17H12O4/c18-12-4-1-11(2-5-12)3-7-15(19)13-6-8-16-14(17(13)20)9-10-21-16/h1-10,18,20H/b7-3+. The predicted octanol–water partition coefficient (Wildman–Crippen LogP) is 3.74. The lowest BCUT2D eigenvalue weighted by Crippen LogP contribution is -1.94. The fourth-order valence-electron chi connectivity index (χ4n) is 2.07. The first-order chi connectivity index (χ1) is 10.1. The highest BCUT2D eigenvalue weighted by Crippen LogP contribution is 2.30. The fourth-order valence-corrected chi connectivity index (χ4v) is 2.07. The lowest BCUT2D eigenvalue weighted by atomic mass is 10.1. The number of hydrogen-bond acceptors (Lipinski definition) is 4. The van der Waals surface area contributed by atoms with E-state index in [-0.39, 0.29) is 22.8 Å². The van der Waals surface area contributed by atoms with Crippen molar-refractivity contribution >= 4 is 22.8 Å². The molecule has 0 aliphatic rings. The van der Waals surface area contributed by atoms with Gasteiger partial charge in [-0.1, -0.05) is 18.2 Å². The number of carbonyl (C=O) groups excluding carboxylic acids is 1. The molecule has 4 nitrogen and oxygen atoms in total. The number of ketones is 1. The summed E-state index contributed by atoms with van der Waals surface area (Å²) in [5.74, 6) is -0.216. The maximum absolute atomic E-state index is 12.1. The monoisotopic (exact) mass is 280 g/mol. The SMILES string of the molecule is O=C(/C=C/c1ccc(O)cc1)c1ccc2occc2c1O. The molecule has 0 bridgehead atoms. The molecule has 0 unspecified atom stereocenters. The van der Waals surface area contributed by atoms with E-state index in [1.807, 2.05) is 0 Å². The van der Waals surface area contributed by atoms with Gasteiger partial charge < -0.3 is 14.6 Å². The number of phenols is 2. The molecule has 0 atom stereocenters. The molecule has 1 heterocycles. The summed E-state index contributed by atoms with van der Waals surface area (Å²) in [5.41, 5.74) is 1.54. The average molecular weight is 280 g/mol. The van der Waals surface area contributed by atoms with Crippen LogP contribution in [0.1, 0.15) is 15.9 Å². The van der Waals surface area contributed by atoms with Gasteiger partial charge in [-0.05, 0) is 42.0 Å². The van der Waals surface area contributed by atoms with Gasteiger partial charge in [0.15, 0.2) is 5.78 Å². The summed E-state index contributed by atoms with van der Waals surface area (Å²) in [4.78, 5) is 12.1. The third-order valence-electron chi connectivity index (χ3n) is 3.19. The highest BCUT2D eigenvalue weighted by Gasteiger charge is 2.12. The van der Waals surface area contributed by atoms with Crippen molar-refractivity contribution in [3.05, 3.63) is 65.9 Å². The third-order valence-corrected chi connectivity index (χ3v) is 3.19. The lowest BCUT2D eigenvalue weighted by Gasteiger charge is -2.01. The van der Waals surface area contributed by atoms with Crippen molar-refractivity contribution < 1.29 is 19.4 Å². The number of hydrogen-bond donors (Lipinski definition) is 2. The van der Waals surface area contributed by atoms with E-state index in [1.165, 1.54) is 18.4 Å². The van der Waals surface area contributed by atoms with Crippen molar-refractivity contribution in [2.75, 3.05) is 0 Å². The van der Waals surface area contributed by atoms with E-state index in [9.17, 15) is 15.0 Å². The summed E-state index contributed by atoms with van der Waals surface area (Å²) < 4.78 is 5.16. The molecule has 1 aromatic heterocycles. The first-order valence-corrected chi connectivity index (χ1v) is 6.36. The van der Waals surface area contributed by atoms with Crippen LogP contribution in [0.2, 0.25) is 0 Å². The van der Waals surface area contributed by atoms with Gasteiger partial charge in [-0.3, -0.25) is 4.79 Å². The minimum Gasteiger partial charge on any atom is -0.508 e. The molecule has 3 aromatic rings. The van der Waals surface area contributed by atoms with E-state index in [0.29, 0.717) is 11.0 Å². The number of rotatable bonds is 3. The minimum atomic E-state index is -0.302. The van der Waals surface area contributed by atoms with Crippen LogP contribution in [0.4, 0.5) is 0 Å². The van der Waals surface area contributed by atoms with Crippen molar-refractivity contribution in [3.8, 4) is 11.5 Å². The van der Waals surface area contributed by atoms with E-state index in [2.05, 4.69) is 0 Å². The summed E-state index contributed by atoms with van der Waals surface area (Å²) >= 11 is 0. The summed E-state index contributed by atoms with van der Waals surface area (Å²) in [6, 6.07) is 11.3. The second-order valence-corrected chi connectivity index (χ2v) is 4.58. The number of carbonyl (C=O) groups is 1. The topological polar surface area (TPSA) is 70.7 Å². The largest absolute Gasteiger partial charge is 0.508 e. The molecule has 0 aliphatic carbocycles. The Hall–Kier alpha value is -3.01. The van der Waals surface area contributed by atoms with Crippen LogP contribution in [-0.2, 0) is 0 Å². The number of allylic oxidation sites excluding steroid dienone is 1. The van der Waals surface area contributed by atoms with E-state index in [0.717, 1.165) is 5.56 Å². The van der Waals surface area contributed by atoms with Gasteiger partial charge in [-0.15, -0.1) is 0 Å². The molecule has 104 valence electrons. The molecule has 4 heteroatoms. The smallest absolute Gasteiger partial charge is 0.189 e. The number of fused-ring (bicyclic) bond motifs is 1. The van der Waals surface area contributed by atoms with Gasteiger partial charge in [0.25, 0.3) is 0 Å². The summed E-state index contributed by atoms with van der Waals surface area (Å²) in [7, 11) is 0. The molecule has 3 rings (SSSR count). The summed E-state index contributed by atoms with van der Waals surface area (Å²) in [6.45, 7) is 0. The first kappa shape index (κ1) is 13.0. The molecule has 0 radical (unpaired) electrons. The fraction of sp³-hybridized carbons (Fsp3) is 0. The maximum atomic E-state index is 12.1. The Morgan fingerprint density at radius 2 is 1.76 bits per heavy atom. The summed E-state index contributed by atoms with van der Waals surface area (Å²) in [5, 5.41) is 19.8. The van der Waals surface area contributed by atoms with Gasteiger partial charge in [0.2, 0.25) is 0 Å². The van der Waals surface area contributed by atoms with Crippen LogP contribution in [0.15, 0.2) is 59.2 Å². The number of phenolic OH excluding ortho intramolecular Hbond substituents is 2. The molecular formula is C17H12O4. The first-order valence-electron chi connectivity index (χ1n) is 6.36. The Morgan fingerprint density at radius 1 is 1.00 bits per heavy atom. The molecule has 21 heavy (non-hydrogen) atoms. The van der Waals surface area contributed by atoms with Crippen molar-refractivity contribution in [2.24, 2.45) is 0 Å². The van der Waals surface area contributed by atoms with Crippen molar-refractivity contribution in [2.45, 2.75) is 0 Å². The Morgan fingerprint density at radius 3 is 2.52 bits per heavy atom. The third kappa shape index (κ3) is 2.51. The number of aromatic hydroxyl groups is 2. The van der Waals surface area contributed by atoms with Crippen molar-refractivity contribution in [1.82, 2.24) is 0 Å². The van der Waals surface area contributed by atoms with Crippen LogP contribution in [0.5, 0.6) is 11.5 Å². The molecular weight excluding hydrogens is 268 g/mol. The van der Waals surface area contributed by atoms with Gasteiger partial charge in [0.1, 0.15) is 17.1 Å². The molecule has 0 amide bonds. The second kappa shape index (κ2) is 5.17. The molecule has 0 saturated carbocycles. The van der Waals surface area contributed by atoms with Crippen LogP contribution >= 0.6 is 0 Å². The number of furan rings is 1. The predicted molar refractivity (Wildman–Crippen MR) is 79.4 cm³/mol. The summed E-state index contributed by atoms with van der Waals surface area (Å²) in [6.07, 6.45) is 4.47. The molecule has 2 N–H and O–H groups in total. The van der Waals surface area contributed by atoms with E-state index in [1.54, 1.807) is 42.5 Å². The zero-order valence-corrected chi connectivity index (χ0v) is 11.0. The van der Waals surface area contributed by atoms with Crippen LogP contribution in [0.25, 0.3) is 17.0 Å². The zero-order chi connectivity index (χ0) is 14.8. The highest BCUT2D eigenvalue weighted by molar-refractivity contribution is 6.11. The van der Waals surface area contributed by atoms with Gasteiger partial charge in [-0.25, -0.2) is 0 Å². The van der Waals surface area contributed by atoms with Crippen molar-refractivity contribution in [3.63, 3.8) is 0 Å². The van der Waals surface area contributed by atoms with Gasteiger partial charge in [-0.2, -0.15) is 0 Å². The number of benzene rings is 2. The normalized spacial score (nSPS) is 11.2. The van der Waals surface area contributed by atoms with E-state index < -0.39 is 0 Å². The van der Waals surface area contributed by atoms with Crippen LogP contribution < -0.4 is 0 Å². The molecule has 0 spiro atoms. The van der Waals surface area contributed by atoms with Crippen molar-refractivity contribution in [1.29, 1.82) is 0 Å². The maximum Gasteiger partial charge on any atom is 0.189 e. The van der Waals surface area contributed by atoms with Crippen LogP contribution in [0, 0.1) is 0 Å². The molecule has 0 aliphatic heterocycles. The molecule has 0 saturated heterocycles.